The zero-order valence-electron chi connectivity index (χ0n) is 11.0. The molecule has 1 atom stereocenters. The van der Waals surface area contributed by atoms with Crippen molar-refractivity contribution in [3.05, 3.63) is 0 Å². The van der Waals surface area contributed by atoms with Gasteiger partial charge in [0.2, 0.25) is 0 Å². The van der Waals surface area contributed by atoms with Crippen molar-refractivity contribution in [3.63, 3.8) is 0 Å². The van der Waals surface area contributed by atoms with Crippen LogP contribution in [0.5, 0.6) is 0 Å². The van der Waals surface area contributed by atoms with Gasteiger partial charge in [0.05, 0.1) is 0 Å². The van der Waals surface area contributed by atoms with Crippen molar-refractivity contribution in [1.29, 1.82) is 0 Å². The third kappa shape index (κ3) is 3.72. The molecule has 0 aromatic carbocycles. The summed E-state index contributed by atoms with van der Waals surface area (Å²) in [6.07, 6.45) is 4.27. The van der Waals surface area contributed by atoms with Gasteiger partial charge in [0.1, 0.15) is 0 Å². The van der Waals surface area contributed by atoms with E-state index in [1.807, 2.05) is 0 Å². The van der Waals surface area contributed by atoms with Crippen LogP contribution in [0.4, 0.5) is 0 Å². The highest BCUT2D eigenvalue weighted by atomic mass is 15.2. The van der Waals surface area contributed by atoms with Crippen LogP contribution in [0.2, 0.25) is 0 Å². The second-order valence-corrected chi connectivity index (χ2v) is 5.70. The molecule has 0 N–H and O–H groups in total. The van der Waals surface area contributed by atoms with Crippen molar-refractivity contribution in [2.45, 2.75) is 19.3 Å². The van der Waals surface area contributed by atoms with Crippen molar-refractivity contribution in [2.24, 2.45) is 5.92 Å². The molecule has 3 heteroatoms. The molecule has 2 rings (SSSR count). The maximum Gasteiger partial charge on any atom is 0.0110 e. The standard InChI is InChI=1S/C13H27N3/c1-14-8-10-16(11-9-14)7-5-13-4-3-6-15(2)12-13/h13H,3-12H2,1-2H3. The van der Waals surface area contributed by atoms with Gasteiger partial charge in [-0.05, 0) is 52.4 Å². The van der Waals surface area contributed by atoms with E-state index >= 15 is 0 Å². The molecule has 0 aliphatic carbocycles. The Morgan fingerprint density at radius 2 is 1.69 bits per heavy atom. The molecule has 2 aliphatic heterocycles. The van der Waals surface area contributed by atoms with E-state index in [9.17, 15) is 0 Å². The molecular formula is C13H27N3. The molecule has 0 bridgehead atoms. The number of nitrogens with zero attached hydrogens (tertiary/aromatic N) is 3. The molecule has 0 saturated carbocycles. The molecule has 0 aromatic heterocycles. The summed E-state index contributed by atoms with van der Waals surface area (Å²) in [5.41, 5.74) is 0. The zero-order valence-corrected chi connectivity index (χ0v) is 11.0. The summed E-state index contributed by atoms with van der Waals surface area (Å²) in [6.45, 7) is 9.03. The van der Waals surface area contributed by atoms with Gasteiger partial charge in [-0.3, -0.25) is 0 Å². The van der Waals surface area contributed by atoms with E-state index in [1.165, 1.54) is 65.1 Å². The minimum absolute atomic E-state index is 0.957. The average Bonchev–Trinajstić information content (AvgIpc) is 2.28. The lowest BCUT2D eigenvalue weighted by atomic mass is 9.95. The highest BCUT2D eigenvalue weighted by Crippen LogP contribution is 2.18. The number of likely N-dealkylation sites (N-methyl/N-ethyl adjacent to an activating group) is 1. The minimum atomic E-state index is 0.957. The van der Waals surface area contributed by atoms with E-state index in [1.54, 1.807) is 0 Å². The van der Waals surface area contributed by atoms with E-state index in [0.29, 0.717) is 0 Å². The van der Waals surface area contributed by atoms with Crippen LogP contribution in [0.25, 0.3) is 0 Å². The van der Waals surface area contributed by atoms with Crippen LogP contribution in [0.15, 0.2) is 0 Å². The first-order valence-electron chi connectivity index (χ1n) is 6.83. The van der Waals surface area contributed by atoms with Crippen molar-refractivity contribution in [1.82, 2.24) is 14.7 Å². The number of hydrogen-bond acceptors (Lipinski definition) is 3. The van der Waals surface area contributed by atoms with Crippen molar-refractivity contribution >= 4 is 0 Å². The topological polar surface area (TPSA) is 9.72 Å². The molecule has 2 fully saturated rings. The molecule has 94 valence electrons. The Labute approximate surface area is 100 Å². The molecular weight excluding hydrogens is 198 g/mol. The first-order chi connectivity index (χ1) is 7.74. The van der Waals surface area contributed by atoms with Crippen LogP contribution in [0.1, 0.15) is 19.3 Å². The summed E-state index contributed by atoms with van der Waals surface area (Å²) in [6, 6.07) is 0. The van der Waals surface area contributed by atoms with Gasteiger partial charge in [-0.2, -0.15) is 0 Å². The van der Waals surface area contributed by atoms with E-state index < -0.39 is 0 Å². The fraction of sp³-hybridized carbons (Fsp3) is 1.00. The predicted molar refractivity (Wildman–Crippen MR) is 68.8 cm³/mol. The summed E-state index contributed by atoms with van der Waals surface area (Å²) in [5, 5.41) is 0. The smallest absolute Gasteiger partial charge is 0.0110 e. The van der Waals surface area contributed by atoms with Gasteiger partial charge in [0, 0.05) is 32.7 Å². The number of piperazine rings is 1. The van der Waals surface area contributed by atoms with E-state index in [4.69, 9.17) is 0 Å². The lowest BCUT2D eigenvalue weighted by Gasteiger charge is -2.35. The minimum Gasteiger partial charge on any atom is -0.306 e. The van der Waals surface area contributed by atoms with Gasteiger partial charge >= 0.3 is 0 Å². The highest BCUT2D eigenvalue weighted by Gasteiger charge is 2.19. The third-order valence-corrected chi connectivity index (χ3v) is 4.17. The van der Waals surface area contributed by atoms with Gasteiger partial charge in [-0.15, -0.1) is 0 Å². The molecule has 0 amide bonds. The predicted octanol–water partition coefficient (Wildman–Crippen LogP) is 0.966. The van der Waals surface area contributed by atoms with E-state index in [0.717, 1.165) is 5.92 Å². The van der Waals surface area contributed by atoms with Gasteiger partial charge in [0.25, 0.3) is 0 Å². The van der Waals surface area contributed by atoms with E-state index in [-0.39, 0.29) is 0 Å². The first kappa shape index (κ1) is 12.3. The lowest BCUT2D eigenvalue weighted by molar-refractivity contribution is 0.132. The van der Waals surface area contributed by atoms with Crippen molar-refractivity contribution in [2.75, 3.05) is 59.9 Å². The maximum atomic E-state index is 2.65. The molecule has 0 aromatic rings. The SMILES string of the molecule is CN1CCN(CCC2CCCN(C)C2)CC1. The number of hydrogen-bond donors (Lipinski definition) is 0. The largest absolute Gasteiger partial charge is 0.306 e. The van der Waals surface area contributed by atoms with Crippen LogP contribution in [-0.4, -0.2) is 74.6 Å². The first-order valence-corrected chi connectivity index (χ1v) is 6.83. The highest BCUT2D eigenvalue weighted by molar-refractivity contribution is 4.74. The van der Waals surface area contributed by atoms with Crippen molar-refractivity contribution < 1.29 is 0 Å². The summed E-state index contributed by atoms with van der Waals surface area (Å²) < 4.78 is 0. The Morgan fingerprint density at radius 3 is 2.38 bits per heavy atom. The molecule has 1 unspecified atom stereocenters. The molecule has 0 radical (unpaired) electrons. The maximum absolute atomic E-state index is 2.65. The van der Waals surface area contributed by atoms with E-state index in [2.05, 4.69) is 28.8 Å². The summed E-state index contributed by atoms with van der Waals surface area (Å²) in [7, 11) is 4.50. The van der Waals surface area contributed by atoms with Crippen LogP contribution in [0.3, 0.4) is 0 Å². The second kappa shape index (κ2) is 5.99. The Bertz CT molecular complexity index is 199. The summed E-state index contributed by atoms with van der Waals surface area (Å²) in [5.74, 6) is 0.957. The van der Waals surface area contributed by atoms with Gasteiger partial charge in [-0.25, -0.2) is 0 Å². The van der Waals surface area contributed by atoms with Crippen LogP contribution < -0.4 is 0 Å². The van der Waals surface area contributed by atoms with Crippen LogP contribution >= 0.6 is 0 Å². The molecule has 16 heavy (non-hydrogen) atoms. The van der Waals surface area contributed by atoms with Crippen molar-refractivity contribution in [3.8, 4) is 0 Å². The van der Waals surface area contributed by atoms with Crippen LogP contribution in [0, 0.1) is 5.92 Å². The molecule has 3 nitrogen and oxygen atoms in total. The summed E-state index contributed by atoms with van der Waals surface area (Å²) >= 11 is 0. The average molecular weight is 225 g/mol. The molecule has 2 saturated heterocycles. The van der Waals surface area contributed by atoms with Gasteiger partial charge < -0.3 is 14.7 Å². The fourth-order valence-electron chi connectivity index (χ4n) is 2.95. The monoisotopic (exact) mass is 225 g/mol. The Kier molecular flexibility index (Phi) is 4.62. The Morgan fingerprint density at radius 1 is 0.938 bits per heavy atom. The fourth-order valence-corrected chi connectivity index (χ4v) is 2.95. The molecule has 2 aliphatic rings. The quantitative estimate of drug-likeness (QED) is 0.708. The normalized spacial score (nSPS) is 30.8. The molecule has 2 heterocycles. The lowest BCUT2D eigenvalue weighted by Crippen LogP contribution is -2.45. The number of piperidine rings is 1. The number of likely N-dealkylation sites (tertiary alicyclic amines) is 1. The summed E-state index contributed by atoms with van der Waals surface area (Å²) in [4.78, 5) is 7.58. The Balaban J connectivity index is 1.63. The zero-order chi connectivity index (χ0) is 11.4. The second-order valence-electron chi connectivity index (χ2n) is 5.70. The third-order valence-electron chi connectivity index (χ3n) is 4.17. The van der Waals surface area contributed by atoms with Gasteiger partial charge in [0.15, 0.2) is 0 Å². The number of rotatable bonds is 3. The van der Waals surface area contributed by atoms with Crippen LogP contribution in [-0.2, 0) is 0 Å². The molecule has 0 spiro atoms. The Hall–Kier alpha value is -0.120. The van der Waals surface area contributed by atoms with Gasteiger partial charge in [-0.1, -0.05) is 0 Å².